The van der Waals surface area contributed by atoms with Gasteiger partial charge in [-0.3, -0.25) is 0 Å². The van der Waals surface area contributed by atoms with E-state index in [9.17, 15) is 0 Å². The molecule has 8 heteroatoms. The first-order valence-electron chi connectivity index (χ1n) is 38.7. The van der Waals surface area contributed by atoms with Gasteiger partial charge in [0.25, 0.3) is 13.4 Å². The zero-order chi connectivity index (χ0) is 74.7. The predicted octanol–water partition coefficient (Wildman–Crippen LogP) is 24.0. The molecule has 0 N–H and O–H groups in total. The van der Waals surface area contributed by atoms with Crippen molar-refractivity contribution in [3.05, 3.63) is 369 Å². The van der Waals surface area contributed by atoms with Crippen molar-refractivity contribution in [3.63, 3.8) is 0 Å². The molecule has 0 atom stereocenters. The fourth-order valence-electron chi connectivity index (χ4n) is 17.5. The lowest BCUT2D eigenvalue weighted by atomic mass is 9.30. The van der Waals surface area contributed by atoms with Crippen LogP contribution in [0.4, 0.5) is 85.3 Å². The molecule has 4 aliphatic rings. The Morgan fingerprint density at radius 3 is 1.09 bits per heavy atom. The molecule has 0 aromatic heterocycles. The number of hydrogen-bond donors (Lipinski definition) is 0. The van der Waals surface area contributed by atoms with Gasteiger partial charge in [0.15, 0.2) is 0 Å². The molecule has 19 rings (SSSR count). The molecule has 15 aromatic carbocycles. The van der Waals surface area contributed by atoms with Gasteiger partial charge in [0.05, 0.1) is 28.4 Å². The van der Waals surface area contributed by atoms with Crippen molar-refractivity contribution in [2.24, 2.45) is 0 Å². The van der Waals surface area contributed by atoms with E-state index in [0.29, 0.717) is 0 Å². The number of ether oxygens (including phenoxy) is 1. The predicted molar refractivity (Wildman–Crippen MR) is 468 cm³/mol. The molecule has 0 aliphatic carbocycles. The van der Waals surface area contributed by atoms with Crippen molar-refractivity contribution in [2.75, 3.05) is 24.5 Å². The molecule has 110 heavy (non-hydrogen) atoms. The molecule has 6 nitrogen and oxygen atoms in total. The number of fused-ring (bicyclic) bond motifs is 8. The third-order valence-corrected chi connectivity index (χ3v) is 22.9. The molecule has 0 unspecified atom stereocenters. The Morgan fingerprint density at radius 2 is 0.609 bits per heavy atom. The van der Waals surface area contributed by atoms with E-state index in [4.69, 9.17) is 4.74 Å². The summed E-state index contributed by atoms with van der Waals surface area (Å²) in [6.45, 7) is 20.1. The Balaban J connectivity index is 0.892. The quantitative estimate of drug-likeness (QED) is 0.113. The summed E-state index contributed by atoms with van der Waals surface area (Å²) in [4.78, 5) is 12.7. The van der Waals surface area contributed by atoms with Gasteiger partial charge in [0, 0.05) is 79.6 Å². The topological polar surface area (TPSA) is 25.4 Å². The number of anilines is 15. The van der Waals surface area contributed by atoms with Crippen LogP contribution in [-0.2, 0) is 16.2 Å². The number of rotatable bonds is 12. The summed E-state index contributed by atoms with van der Waals surface area (Å²) in [5, 5.41) is 0. The van der Waals surface area contributed by atoms with Crippen molar-refractivity contribution < 1.29 is 4.74 Å². The molecule has 4 aliphatic heterocycles. The third kappa shape index (κ3) is 11.6. The molecule has 0 amide bonds. The van der Waals surface area contributed by atoms with Crippen LogP contribution in [-0.4, -0.2) is 13.4 Å². The SMILES string of the molecule is CC(C)(C)c1ccc(-c2ccccc2N(c2ccccc2)c2cc3c4c(c2)N(c2ccccc2)c2cc5c(cc2B4c2ccccc2O3)B2c3ccccc3N(c3ccccc3-c3ccc(C(C)(C)C)cc3)c3cc(N(c4ccccc4)c4ccccc4-c4ccc(C(C)(C)C)cc4)cc(c32)N5c2ccccc2)cc1. The van der Waals surface area contributed by atoms with Crippen LogP contribution in [0.3, 0.4) is 0 Å². The van der Waals surface area contributed by atoms with E-state index < -0.39 is 0 Å². The molecule has 0 bridgehead atoms. The average molecular weight is 1420 g/mol. The average Bonchev–Trinajstić information content (AvgIpc) is 0.684. The molecule has 0 fully saturated rings. The zero-order valence-corrected chi connectivity index (χ0v) is 63.8. The summed E-state index contributed by atoms with van der Waals surface area (Å²) in [6.07, 6.45) is 0. The molecule has 0 spiro atoms. The van der Waals surface area contributed by atoms with Crippen LogP contribution in [0.1, 0.15) is 79.0 Å². The Morgan fingerprint density at radius 1 is 0.245 bits per heavy atom. The van der Waals surface area contributed by atoms with E-state index >= 15 is 0 Å². The second-order valence-electron chi connectivity index (χ2n) is 32.9. The van der Waals surface area contributed by atoms with Gasteiger partial charge in [-0.2, -0.15) is 0 Å². The Labute approximate surface area is 648 Å². The fraction of sp³-hybridized carbons (Fsp3) is 0.118. The van der Waals surface area contributed by atoms with Gasteiger partial charge >= 0.3 is 0 Å². The van der Waals surface area contributed by atoms with Gasteiger partial charge < -0.3 is 29.2 Å². The molecular formula is C102H85B2N5O. The summed E-state index contributed by atoms with van der Waals surface area (Å²) in [5.41, 5.74) is 33.8. The van der Waals surface area contributed by atoms with Crippen molar-refractivity contribution >= 4 is 132 Å². The minimum atomic E-state index is -0.244. The summed E-state index contributed by atoms with van der Waals surface area (Å²) in [7, 11) is 0. The van der Waals surface area contributed by atoms with E-state index in [1.54, 1.807) is 0 Å². The van der Waals surface area contributed by atoms with Crippen LogP contribution < -0.4 is 62.0 Å². The maximum Gasteiger partial charge on any atom is 0.256 e. The van der Waals surface area contributed by atoms with Gasteiger partial charge in [-0.15, -0.1) is 0 Å². The Hall–Kier alpha value is -12.8. The second kappa shape index (κ2) is 26.6. The lowest BCUT2D eigenvalue weighted by Gasteiger charge is -2.47. The first-order chi connectivity index (χ1) is 53.5. The minimum absolute atomic E-state index is 0.00450. The van der Waals surface area contributed by atoms with Gasteiger partial charge in [0.2, 0.25) is 0 Å². The second-order valence-corrected chi connectivity index (χ2v) is 32.9. The van der Waals surface area contributed by atoms with Gasteiger partial charge in [-0.25, -0.2) is 0 Å². The normalized spacial score (nSPS) is 13.1. The van der Waals surface area contributed by atoms with Crippen molar-refractivity contribution in [1.82, 2.24) is 0 Å². The highest BCUT2D eigenvalue weighted by atomic mass is 16.5. The highest BCUT2D eigenvalue weighted by Crippen LogP contribution is 2.54. The zero-order valence-electron chi connectivity index (χ0n) is 63.8. The van der Waals surface area contributed by atoms with E-state index in [1.165, 1.54) is 38.5 Å². The molecule has 0 saturated carbocycles. The standard InChI is InChI=1S/C102H85B2N5O/c1-100(2,3)71-56-50-68(51-57-71)80-40-22-27-45-87(80)105(74-32-14-10-15-33-74)78-62-93-98-94(63-78)109(89-47-29-24-42-82(89)70-54-60-73(61-55-70)102(7,8)9)90-48-30-25-43-83(90)103(98)85-66-86-92(67-91(85)107(93)76-36-18-12-19-37-76)108(77-38-20-13-21-39-77)95-64-79(65-97-99(95)104(86)84-44-26-31-49-96(84)110-97)106(75-34-16-11-17-35-75)88-46-28-23-41-81(88)69-52-58-72(59-53-69)101(4,5)6/h10-67H,1-9H3. The Kier molecular flexibility index (Phi) is 16.4. The lowest BCUT2D eigenvalue weighted by molar-refractivity contribution is 0.487. The van der Waals surface area contributed by atoms with Gasteiger partial charge in [-0.05, 0) is 186 Å². The first-order valence-corrected chi connectivity index (χ1v) is 38.7. The number of hydrogen-bond acceptors (Lipinski definition) is 6. The summed E-state index contributed by atoms with van der Waals surface area (Å²) in [6, 6.07) is 132. The number of nitrogens with zero attached hydrogens (tertiary/aromatic N) is 5. The van der Waals surface area contributed by atoms with Gasteiger partial charge in [0.1, 0.15) is 11.5 Å². The monoisotopic (exact) mass is 1420 g/mol. The molecule has 530 valence electrons. The highest BCUT2D eigenvalue weighted by molar-refractivity contribution is 7.02. The molecule has 15 aromatic rings. The van der Waals surface area contributed by atoms with Crippen LogP contribution >= 0.6 is 0 Å². The van der Waals surface area contributed by atoms with E-state index in [1.807, 2.05) is 0 Å². The van der Waals surface area contributed by atoms with Crippen molar-refractivity contribution in [2.45, 2.75) is 78.6 Å². The smallest absolute Gasteiger partial charge is 0.256 e. The summed E-state index contributed by atoms with van der Waals surface area (Å²) >= 11 is 0. The van der Waals surface area contributed by atoms with E-state index in [0.717, 1.165) is 141 Å². The third-order valence-electron chi connectivity index (χ3n) is 22.9. The van der Waals surface area contributed by atoms with Crippen LogP contribution in [0.2, 0.25) is 0 Å². The largest absolute Gasteiger partial charge is 0.458 e. The summed E-state index contributed by atoms with van der Waals surface area (Å²) in [5.74, 6) is 1.67. The maximum atomic E-state index is 7.48. The number of para-hydroxylation sites is 9. The van der Waals surface area contributed by atoms with Crippen LogP contribution in [0.15, 0.2) is 352 Å². The highest BCUT2D eigenvalue weighted by Gasteiger charge is 2.49. The van der Waals surface area contributed by atoms with E-state index in [2.05, 4.69) is 439 Å². The molecular weight excluding hydrogens is 1330 g/mol. The van der Waals surface area contributed by atoms with Gasteiger partial charge in [-0.1, -0.05) is 305 Å². The molecule has 4 heterocycles. The van der Waals surface area contributed by atoms with Crippen LogP contribution in [0, 0.1) is 0 Å². The van der Waals surface area contributed by atoms with Crippen molar-refractivity contribution in [3.8, 4) is 44.9 Å². The fourth-order valence-corrected chi connectivity index (χ4v) is 17.5. The van der Waals surface area contributed by atoms with Crippen LogP contribution in [0.5, 0.6) is 11.5 Å². The molecule has 0 radical (unpaired) electrons. The van der Waals surface area contributed by atoms with Crippen LogP contribution in [0.25, 0.3) is 33.4 Å². The summed E-state index contributed by atoms with van der Waals surface area (Å²) < 4.78 is 7.48. The lowest BCUT2D eigenvalue weighted by Crippen LogP contribution is -2.64. The number of benzene rings is 15. The molecule has 0 saturated heterocycles. The van der Waals surface area contributed by atoms with Crippen molar-refractivity contribution in [1.29, 1.82) is 0 Å². The first kappa shape index (κ1) is 67.8. The minimum Gasteiger partial charge on any atom is -0.458 e. The maximum absolute atomic E-state index is 7.48. The van der Waals surface area contributed by atoms with E-state index in [-0.39, 0.29) is 29.7 Å². The Bertz CT molecular complexity index is 6030.